The number of alkyl halides is 2. The lowest BCUT2D eigenvalue weighted by atomic mass is 10.1. The monoisotopic (exact) mass is 294 g/mol. The second-order valence-corrected chi connectivity index (χ2v) is 4.51. The van der Waals surface area contributed by atoms with Crippen molar-refractivity contribution in [3.05, 3.63) is 29.8 Å². The van der Waals surface area contributed by atoms with Crippen molar-refractivity contribution in [3.8, 4) is 11.5 Å². The van der Waals surface area contributed by atoms with Crippen molar-refractivity contribution in [2.45, 2.75) is 12.8 Å². The number of halogens is 3. The molecule has 3 rings (SSSR count). The van der Waals surface area contributed by atoms with Crippen LogP contribution in [0.3, 0.4) is 0 Å². The van der Waals surface area contributed by atoms with Crippen LogP contribution >= 0.6 is 0 Å². The van der Waals surface area contributed by atoms with Crippen LogP contribution in [0, 0.1) is 5.82 Å². The first-order chi connectivity index (χ1) is 9.86. The maximum atomic E-state index is 13.4. The van der Waals surface area contributed by atoms with Crippen LogP contribution in [0.5, 0.6) is 0 Å². The summed E-state index contributed by atoms with van der Waals surface area (Å²) >= 11 is 0. The number of H-pyrrole nitrogens is 1. The van der Waals surface area contributed by atoms with Gasteiger partial charge in [-0.2, -0.15) is 5.10 Å². The third-order valence-corrected chi connectivity index (χ3v) is 2.91. The molecule has 0 aliphatic rings. The van der Waals surface area contributed by atoms with E-state index in [2.05, 4.69) is 25.1 Å². The van der Waals surface area contributed by atoms with E-state index in [4.69, 9.17) is 5.73 Å². The lowest BCUT2D eigenvalue weighted by Gasteiger charge is -2.09. The molecule has 0 saturated heterocycles. The molecule has 0 spiro atoms. The van der Waals surface area contributed by atoms with Gasteiger partial charge in [0.05, 0.1) is 11.6 Å². The number of nitrogen functional groups attached to an aromatic ring is 1. The maximum Gasteiger partial charge on any atom is 0.272 e. The summed E-state index contributed by atoms with van der Waals surface area (Å²) in [5.41, 5.74) is 5.57. The molecule has 3 N–H and O–H groups in total. The Hall–Kier alpha value is -2.71. The Labute approximate surface area is 116 Å². The summed E-state index contributed by atoms with van der Waals surface area (Å²) in [6.45, 7) is 0.766. The second kappa shape index (κ2) is 4.40. The summed E-state index contributed by atoms with van der Waals surface area (Å²) in [6, 6.07) is 1.24. The van der Waals surface area contributed by atoms with E-state index in [-0.39, 0.29) is 22.9 Å². The van der Waals surface area contributed by atoms with E-state index in [1.165, 1.54) is 6.07 Å². The molecule has 0 aliphatic carbocycles. The molecule has 0 unspecified atom stereocenters. The predicted molar refractivity (Wildman–Crippen MR) is 68.9 cm³/mol. The first-order valence-corrected chi connectivity index (χ1v) is 5.87. The average molecular weight is 294 g/mol. The van der Waals surface area contributed by atoms with Gasteiger partial charge in [0, 0.05) is 18.7 Å². The number of nitrogens with two attached hydrogens (primary N) is 1. The number of hydrogen-bond donors (Lipinski definition) is 2. The van der Waals surface area contributed by atoms with Crippen molar-refractivity contribution in [1.29, 1.82) is 0 Å². The quantitative estimate of drug-likeness (QED) is 0.756. The Morgan fingerprint density at radius 1 is 1.24 bits per heavy atom. The molecule has 6 nitrogen and oxygen atoms in total. The van der Waals surface area contributed by atoms with Crippen molar-refractivity contribution in [2.24, 2.45) is 0 Å². The Morgan fingerprint density at radius 2 is 2.00 bits per heavy atom. The van der Waals surface area contributed by atoms with Crippen molar-refractivity contribution in [2.75, 3.05) is 5.73 Å². The SMILES string of the molecule is CC(F)(F)c1cnc2[nH]nc(-c3ncc(F)c(N)n3)c2c1. The molecule has 0 saturated carbocycles. The van der Waals surface area contributed by atoms with E-state index in [1.54, 1.807) is 0 Å². The molecule has 21 heavy (non-hydrogen) atoms. The van der Waals surface area contributed by atoms with Crippen LogP contribution in [0.1, 0.15) is 12.5 Å². The van der Waals surface area contributed by atoms with Crippen molar-refractivity contribution < 1.29 is 13.2 Å². The fraction of sp³-hybridized carbons (Fsp3) is 0.167. The van der Waals surface area contributed by atoms with Gasteiger partial charge < -0.3 is 5.73 Å². The minimum atomic E-state index is -3.04. The van der Waals surface area contributed by atoms with Gasteiger partial charge in [-0.15, -0.1) is 0 Å². The molecular weight excluding hydrogens is 285 g/mol. The minimum Gasteiger partial charge on any atom is -0.381 e. The van der Waals surface area contributed by atoms with E-state index in [0.717, 1.165) is 19.3 Å². The molecule has 9 heteroatoms. The fourth-order valence-corrected chi connectivity index (χ4v) is 1.81. The van der Waals surface area contributed by atoms with Gasteiger partial charge in [-0.3, -0.25) is 5.10 Å². The fourth-order valence-electron chi connectivity index (χ4n) is 1.81. The van der Waals surface area contributed by atoms with Gasteiger partial charge in [0.25, 0.3) is 5.92 Å². The summed E-state index contributed by atoms with van der Waals surface area (Å²) in [5, 5.41) is 6.81. The van der Waals surface area contributed by atoms with E-state index < -0.39 is 11.7 Å². The number of nitrogens with one attached hydrogen (secondary N) is 1. The Balaban J connectivity index is 2.20. The minimum absolute atomic E-state index is 0.0264. The third kappa shape index (κ3) is 2.26. The molecule has 3 heterocycles. The molecule has 0 atom stereocenters. The van der Waals surface area contributed by atoms with Crippen molar-refractivity contribution >= 4 is 16.9 Å². The van der Waals surface area contributed by atoms with Crippen LogP contribution in [-0.2, 0) is 5.92 Å². The first-order valence-electron chi connectivity index (χ1n) is 5.87. The standard InChI is InChI=1S/C12H9F3N6/c1-12(14,15)5-2-6-8(20-21-10(6)17-3-5)11-18-4-7(13)9(16)19-11/h2-4H,1H3,(H2,16,18,19)(H,17,20,21). The summed E-state index contributed by atoms with van der Waals surface area (Å²) in [7, 11) is 0. The zero-order chi connectivity index (χ0) is 15.2. The number of rotatable bonds is 2. The zero-order valence-electron chi connectivity index (χ0n) is 10.7. The van der Waals surface area contributed by atoms with Crippen LogP contribution in [0.15, 0.2) is 18.5 Å². The van der Waals surface area contributed by atoms with Crippen LogP contribution in [0.2, 0.25) is 0 Å². The number of aromatic amines is 1. The number of pyridine rings is 1. The largest absolute Gasteiger partial charge is 0.381 e. The summed E-state index contributed by atoms with van der Waals surface area (Å²) in [4.78, 5) is 11.4. The van der Waals surface area contributed by atoms with Crippen molar-refractivity contribution in [3.63, 3.8) is 0 Å². The van der Waals surface area contributed by atoms with E-state index in [1.807, 2.05) is 0 Å². The third-order valence-electron chi connectivity index (χ3n) is 2.91. The van der Waals surface area contributed by atoms with Gasteiger partial charge in [0.2, 0.25) is 0 Å². The molecule has 0 radical (unpaired) electrons. The molecule has 0 aliphatic heterocycles. The van der Waals surface area contributed by atoms with Crippen LogP contribution in [-0.4, -0.2) is 25.1 Å². The van der Waals surface area contributed by atoms with Crippen LogP contribution in [0.4, 0.5) is 19.0 Å². The van der Waals surface area contributed by atoms with Gasteiger partial charge >= 0.3 is 0 Å². The highest BCUT2D eigenvalue weighted by Crippen LogP contribution is 2.31. The number of anilines is 1. The smallest absolute Gasteiger partial charge is 0.272 e. The Kier molecular flexibility index (Phi) is 2.78. The highest BCUT2D eigenvalue weighted by Gasteiger charge is 2.26. The molecule has 0 fully saturated rings. The van der Waals surface area contributed by atoms with Gasteiger partial charge in [-0.1, -0.05) is 0 Å². The zero-order valence-corrected chi connectivity index (χ0v) is 10.7. The number of fused-ring (bicyclic) bond motifs is 1. The topological polar surface area (TPSA) is 93.4 Å². The molecule has 0 aromatic carbocycles. The van der Waals surface area contributed by atoms with Crippen molar-refractivity contribution in [1.82, 2.24) is 25.1 Å². The lowest BCUT2D eigenvalue weighted by molar-refractivity contribution is 0.0173. The van der Waals surface area contributed by atoms with Gasteiger partial charge in [-0.25, -0.2) is 28.1 Å². The molecule has 3 aromatic heterocycles. The van der Waals surface area contributed by atoms with Crippen LogP contribution in [0.25, 0.3) is 22.6 Å². The van der Waals surface area contributed by atoms with Gasteiger partial charge in [-0.05, 0) is 6.07 Å². The molecule has 0 bridgehead atoms. The van der Waals surface area contributed by atoms with E-state index in [0.29, 0.717) is 11.0 Å². The number of aromatic nitrogens is 5. The Bertz CT molecular complexity index is 823. The summed E-state index contributed by atoms with van der Waals surface area (Å²) < 4.78 is 39.8. The predicted octanol–water partition coefficient (Wildman–Crippen LogP) is 2.25. The number of nitrogens with zero attached hydrogens (tertiary/aromatic N) is 4. The summed E-state index contributed by atoms with van der Waals surface area (Å²) in [6.07, 6.45) is 1.95. The molecular formula is C12H9F3N6. The molecule has 0 amide bonds. The normalized spacial score (nSPS) is 12.0. The van der Waals surface area contributed by atoms with Gasteiger partial charge in [0.1, 0.15) is 5.69 Å². The summed E-state index contributed by atoms with van der Waals surface area (Å²) in [5.74, 6) is -4.13. The molecule has 3 aromatic rings. The van der Waals surface area contributed by atoms with Gasteiger partial charge in [0.15, 0.2) is 23.1 Å². The lowest BCUT2D eigenvalue weighted by Crippen LogP contribution is -2.07. The second-order valence-electron chi connectivity index (χ2n) is 4.51. The first kappa shape index (κ1) is 13.3. The highest BCUT2D eigenvalue weighted by atomic mass is 19.3. The highest BCUT2D eigenvalue weighted by molar-refractivity contribution is 5.89. The Morgan fingerprint density at radius 3 is 2.67 bits per heavy atom. The van der Waals surface area contributed by atoms with Crippen LogP contribution < -0.4 is 5.73 Å². The maximum absolute atomic E-state index is 13.4. The van der Waals surface area contributed by atoms with E-state index in [9.17, 15) is 13.2 Å². The average Bonchev–Trinajstić information content (AvgIpc) is 2.84. The number of hydrogen-bond acceptors (Lipinski definition) is 5. The van der Waals surface area contributed by atoms with E-state index >= 15 is 0 Å². The molecule has 108 valence electrons.